The third-order valence-corrected chi connectivity index (χ3v) is 1.27. The molecule has 1 N–H and O–H groups in total. The fourth-order valence-electron chi connectivity index (χ4n) is 0.595. The first kappa shape index (κ1) is 10.4. The lowest BCUT2D eigenvalue weighted by atomic mass is 10.2. The normalized spacial score (nSPS) is 10.2. The van der Waals surface area contributed by atoms with Crippen molar-refractivity contribution in [1.82, 2.24) is 5.32 Å². The number of carbonyl (C=O) groups is 1. The molecule has 11 heavy (non-hydrogen) atoms. The third-order valence-electron chi connectivity index (χ3n) is 1.27. The lowest BCUT2D eigenvalue weighted by molar-refractivity contribution is -0.124. The largest absolute Gasteiger partial charge is 0.380 e. The van der Waals surface area contributed by atoms with Crippen molar-refractivity contribution >= 4 is 5.91 Å². The van der Waals surface area contributed by atoms with Gasteiger partial charge in [-0.1, -0.05) is 13.8 Å². The van der Waals surface area contributed by atoms with E-state index in [0.29, 0.717) is 19.8 Å². The van der Waals surface area contributed by atoms with Crippen molar-refractivity contribution in [3.8, 4) is 0 Å². The first-order valence-corrected chi connectivity index (χ1v) is 4.04. The Bertz CT molecular complexity index is 113. The number of ether oxygens (including phenoxy) is 1. The molecule has 0 heterocycles. The first-order chi connectivity index (χ1) is 5.18. The van der Waals surface area contributed by atoms with Crippen LogP contribution in [0, 0.1) is 5.92 Å². The molecule has 0 saturated heterocycles. The predicted molar refractivity (Wildman–Crippen MR) is 44.3 cm³/mol. The van der Waals surface area contributed by atoms with Crippen molar-refractivity contribution in [2.75, 3.05) is 19.8 Å². The van der Waals surface area contributed by atoms with Crippen LogP contribution in [0.25, 0.3) is 0 Å². The topological polar surface area (TPSA) is 38.3 Å². The lowest BCUT2D eigenvalue weighted by Crippen LogP contribution is -2.30. The van der Waals surface area contributed by atoms with E-state index in [1.54, 1.807) is 0 Å². The maximum Gasteiger partial charge on any atom is 0.222 e. The summed E-state index contributed by atoms with van der Waals surface area (Å²) in [6, 6.07) is 0. The van der Waals surface area contributed by atoms with Gasteiger partial charge < -0.3 is 10.1 Å². The van der Waals surface area contributed by atoms with E-state index in [1.807, 2.05) is 20.8 Å². The Balaban J connectivity index is 3.18. The van der Waals surface area contributed by atoms with Gasteiger partial charge in [-0.3, -0.25) is 4.79 Å². The molecule has 0 spiro atoms. The van der Waals surface area contributed by atoms with E-state index in [1.165, 1.54) is 0 Å². The Morgan fingerprint density at radius 1 is 1.55 bits per heavy atom. The van der Waals surface area contributed by atoms with Gasteiger partial charge in [-0.15, -0.1) is 0 Å². The summed E-state index contributed by atoms with van der Waals surface area (Å²) in [6.45, 7) is 7.60. The molecule has 3 heteroatoms. The zero-order valence-corrected chi connectivity index (χ0v) is 7.52. The number of hydrogen-bond acceptors (Lipinski definition) is 2. The van der Waals surface area contributed by atoms with Crippen LogP contribution in [0.2, 0.25) is 0 Å². The maximum absolute atomic E-state index is 10.9. The molecule has 66 valence electrons. The molecule has 0 rings (SSSR count). The summed E-state index contributed by atoms with van der Waals surface area (Å²) < 4.78 is 5.05. The quantitative estimate of drug-likeness (QED) is 0.602. The van der Waals surface area contributed by atoms with Crippen molar-refractivity contribution < 1.29 is 9.53 Å². The van der Waals surface area contributed by atoms with Crippen molar-refractivity contribution in [3.63, 3.8) is 0 Å². The van der Waals surface area contributed by atoms with Crippen LogP contribution in [0.4, 0.5) is 0 Å². The molecule has 0 aromatic heterocycles. The second-order valence-corrected chi connectivity index (χ2v) is 2.64. The minimum atomic E-state index is 0.0663. The van der Waals surface area contributed by atoms with E-state index in [0.717, 1.165) is 0 Å². The van der Waals surface area contributed by atoms with Gasteiger partial charge in [-0.2, -0.15) is 0 Å². The van der Waals surface area contributed by atoms with Gasteiger partial charge >= 0.3 is 0 Å². The Labute approximate surface area is 68.1 Å². The van der Waals surface area contributed by atoms with E-state index < -0.39 is 0 Å². The number of nitrogens with one attached hydrogen (secondary N) is 1. The molecule has 1 amide bonds. The molecule has 0 saturated carbocycles. The standard InChI is InChI=1S/C8H17NO2/c1-4-11-6-5-9-8(10)7(2)3/h7H,4-6H2,1-3H3,(H,9,10). The van der Waals surface area contributed by atoms with Gasteiger partial charge in [0.25, 0.3) is 0 Å². The molecule has 0 aliphatic rings. The second-order valence-electron chi connectivity index (χ2n) is 2.64. The number of amides is 1. The highest BCUT2D eigenvalue weighted by atomic mass is 16.5. The van der Waals surface area contributed by atoms with Crippen LogP contribution in [0.1, 0.15) is 20.8 Å². The minimum absolute atomic E-state index is 0.0663. The molecule has 0 radical (unpaired) electrons. The molecule has 0 aliphatic heterocycles. The Morgan fingerprint density at radius 2 is 2.18 bits per heavy atom. The van der Waals surface area contributed by atoms with Gasteiger partial charge in [-0.25, -0.2) is 0 Å². The van der Waals surface area contributed by atoms with Crippen molar-refractivity contribution in [2.24, 2.45) is 5.92 Å². The van der Waals surface area contributed by atoms with Gasteiger partial charge in [-0.05, 0) is 6.92 Å². The average molecular weight is 159 g/mol. The van der Waals surface area contributed by atoms with E-state index >= 15 is 0 Å². The van der Waals surface area contributed by atoms with Crippen molar-refractivity contribution in [2.45, 2.75) is 20.8 Å². The number of hydrogen-bond donors (Lipinski definition) is 1. The van der Waals surface area contributed by atoms with Gasteiger partial charge in [0, 0.05) is 19.1 Å². The van der Waals surface area contributed by atoms with Crippen LogP contribution in [0.5, 0.6) is 0 Å². The molecule has 0 aliphatic carbocycles. The smallest absolute Gasteiger partial charge is 0.222 e. The summed E-state index contributed by atoms with van der Waals surface area (Å²) >= 11 is 0. The summed E-state index contributed by atoms with van der Waals surface area (Å²) in [5.41, 5.74) is 0. The van der Waals surface area contributed by atoms with E-state index in [9.17, 15) is 4.79 Å². The molecule has 0 aromatic carbocycles. The van der Waals surface area contributed by atoms with Crippen molar-refractivity contribution in [1.29, 1.82) is 0 Å². The fraction of sp³-hybridized carbons (Fsp3) is 0.875. The number of carbonyl (C=O) groups excluding carboxylic acids is 1. The summed E-state index contributed by atoms with van der Waals surface area (Å²) in [7, 11) is 0. The van der Waals surface area contributed by atoms with E-state index in [-0.39, 0.29) is 11.8 Å². The maximum atomic E-state index is 10.9. The van der Waals surface area contributed by atoms with Gasteiger partial charge in [0.05, 0.1) is 6.61 Å². The first-order valence-electron chi connectivity index (χ1n) is 4.04. The Kier molecular flexibility index (Phi) is 5.84. The van der Waals surface area contributed by atoms with Crippen LogP contribution < -0.4 is 5.32 Å². The van der Waals surface area contributed by atoms with Gasteiger partial charge in [0.2, 0.25) is 5.91 Å². The zero-order chi connectivity index (χ0) is 8.69. The molecule has 0 unspecified atom stereocenters. The minimum Gasteiger partial charge on any atom is -0.380 e. The third kappa shape index (κ3) is 5.85. The highest BCUT2D eigenvalue weighted by Crippen LogP contribution is 1.89. The highest BCUT2D eigenvalue weighted by molar-refractivity contribution is 5.77. The summed E-state index contributed by atoms with van der Waals surface area (Å²) in [5, 5.41) is 2.75. The summed E-state index contributed by atoms with van der Waals surface area (Å²) in [6.07, 6.45) is 0. The van der Waals surface area contributed by atoms with Crippen LogP contribution in [0.3, 0.4) is 0 Å². The second kappa shape index (κ2) is 6.16. The van der Waals surface area contributed by atoms with Gasteiger partial charge in [0.1, 0.15) is 0 Å². The average Bonchev–Trinajstić information content (AvgIpc) is 1.97. The van der Waals surface area contributed by atoms with Crippen molar-refractivity contribution in [3.05, 3.63) is 0 Å². The molecule has 3 nitrogen and oxygen atoms in total. The monoisotopic (exact) mass is 159 g/mol. The van der Waals surface area contributed by atoms with Crippen LogP contribution in [-0.2, 0) is 9.53 Å². The fourth-order valence-corrected chi connectivity index (χ4v) is 0.595. The molecule has 0 fully saturated rings. The highest BCUT2D eigenvalue weighted by Gasteiger charge is 2.03. The molecular formula is C8H17NO2. The molecule has 0 atom stereocenters. The van der Waals surface area contributed by atoms with E-state index in [2.05, 4.69) is 5.32 Å². The molecule has 0 aromatic rings. The number of rotatable bonds is 5. The van der Waals surface area contributed by atoms with E-state index in [4.69, 9.17) is 4.74 Å². The molecule has 0 bridgehead atoms. The molecular weight excluding hydrogens is 142 g/mol. The Hall–Kier alpha value is -0.570. The summed E-state index contributed by atoms with van der Waals surface area (Å²) in [5.74, 6) is 0.154. The van der Waals surface area contributed by atoms with Gasteiger partial charge in [0.15, 0.2) is 0 Å². The lowest BCUT2D eigenvalue weighted by Gasteiger charge is -2.06. The van der Waals surface area contributed by atoms with Crippen LogP contribution in [0.15, 0.2) is 0 Å². The zero-order valence-electron chi connectivity index (χ0n) is 7.52. The predicted octanol–water partition coefficient (Wildman–Crippen LogP) is 0.795. The van der Waals surface area contributed by atoms with Crippen LogP contribution >= 0.6 is 0 Å². The van der Waals surface area contributed by atoms with Crippen LogP contribution in [-0.4, -0.2) is 25.7 Å². The SMILES string of the molecule is CCOCCNC(=O)C(C)C. The summed E-state index contributed by atoms with van der Waals surface area (Å²) in [4.78, 5) is 10.9. The Morgan fingerprint density at radius 3 is 2.64 bits per heavy atom.